The molecule has 0 aromatic heterocycles. The first-order valence-electron chi connectivity index (χ1n) is 8.89. The lowest BCUT2D eigenvalue weighted by molar-refractivity contribution is -0.137. The smallest absolute Gasteiger partial charge is 0.303 e. The van der Waals surface area contributed by atoms with Gasteiger partial charge in [0, 0.05) is 6.42 Å². The summed E-state index contributed by atoms with van der Waals surface area (Å²) in [5, 5.41) is 8.64. The van der Waals surface area contributed by atoms with Gasteiger partial charge in [-0.15, -0.1) is 0 Å². The first-order valence-corrected chi connectivity index (χ1v) is 8.89. The Morgan fingerprint density at radius 1 is 1.08 bits per heavy atom. The molecule has 0 amide bonds. The van der Waals surface area contributed by atoms with Gasteiger partial charge in [0.15, 0.2) is 11.5 Å². The van der Waals surface area contributed by atoms with Gasteiger partial charge in [0.05, 0.1) is 20.8 Å². The van der Waals surface area contributed by atoms with Crippen LogP contribution in [0.4, 0.5) is 0 Å². The molecule has 0 aliphatic carbocycles. The lowest BCUT2D eigenvalue weighted by Crippen LogP contribution is -2.02. The van der Waals surface area contributed by atoms with Crippen LogP contribution in [0.15, 0.2) is 18.2 Å². The molecule has 0 spiro atoms. The fourth-order valence-corrected chi connectivity index (χ4v) is 2.43. The Hall–Kier alpha value is -2.17. The molecular formula is C20H30O5. The minimum Gasteiger partial charge on any atom is -0.493 e. The fraction of sp³-hybridized carbons (Fsp3) is 0.550. The second-order valence-electron chi connectivity index (χ2n) is 5.85. The van der Waals surface area contributed by atoms with Crippen molar-refractivity contribution in [2.45, 2.75) is 51.9 Å². The van der Waals surface area contributed by atoms with Crippen molar-refractivity contribution >= 4 is 12.0 Å². The molecule has 1 N–H and O–H groups in total. The molecule has 0 radical (unpaired) electrons. The SMILES string of the molecule is CCCCCCOc1c(OC)cc(/C=C/CCCC(=O)O)cc1OC. The Bertz CT molecular complexity index is 526. The van der Waals surface area contributed by atoms with Crippen molar-refractivity contribution in [2.75, 3.05) is 20.8 Å². The van der Waals surface area contributed by atoms with Gasteiger partial charge >= 0.3 is 5.97 Å². The monoisotopic (exact) mass is 350 g/mol. The van der Waals surface area contributed by atoms with Gasteiger partial charge in [-0.25, -0.2) is 0 Å². The molecule has 0 heterocycles. The molecule has 0 aliphatic heterocycles. The Labute approximate surface area is 150 Å². The van der Waals surface area contributed by atoms with Crippen LogP contribution in [0.25, 0.3) is 6.08 Å². The van der Waals surface area contributed by atoms with Gasteiger partial charge < -0.3 is 19.3 Å². The van der Waals surface area contributed by atoms with E-state index in [4.69, 9.17) is 19.3 Å². The summed E-state index contributed by atoms with van der Waals surface area (Å²) in [5.74, 6) is 1.14. The predicted octanol–water partition coefficient (Wildman–Crippen LogP) is 4.93. The highest BCUT2D eigenvalue weighted by atomic mass is 16.5. The number of carboxylic acids is 1. The number of hydrogen-bond acceptors (Lipinski definition) is 4. The average Bonchev–Trinajstić information content (AvgIpc) is 2.61. The summed E-state index contributed by atoms with van der Waals surface area (Å²) in [6, 6.07) is 3.80. The van der Waals surface area contributed by atoms with E-state index in [1.807, 2.05) is 24.3 Å². The highest BCUT2D eigenvalue weighted by molar-refractivity contribution is 5.66. The predicted molar refractivity (Wildman–Crippen MR) is 99.7 cm³/mol. The Morgan fingerprint density at radius 2 is 1.76 bits per heavy atom. The molecule has 0 aliphatic rings. The van der Waals surface area contributed by atoms with E-state index in [0.29, 0.717) is 36.7 Å². The summed E-state index contributed by atoms with van der Waals surface area (Å²) in [6.07, 6.45) is 9.99. The number of hydrogen-bond donors (Lipinski definition) is 1. The molecule has 0 fully saturated rings. The van der Waals surface area contributed by atoms with Gasteiger partial charge in [0.1, 0.15) is 0 Å². The molecule has 0 saturated heterocycles. The Morgan fingerprint density at radius 3 is 2.32 bits per heavy atom. The molecule has 0 unspecified atom stereocenters. The fourth-order valence-electron chi connectivity index (χ4n) is 2.43. The van der Waals surface area contributed by atoms with Gasteiger partial charge in [0.25, 0.3) is 0 Å². The zero-order valence-electron chi connectivity index (χ0n) is 15.5. The number of aliphatic carboxylic acids is 1. The third kappa shape index (κ3) is 7.96. The standard InChI is InChI=1S/C20H30O5/c1-4-5-6-10-13-25-20-17(23-2)14-16(15-18(20)24-3)11-8-7-9-12-19(21)22/h8,11,14-15H,4-7,9-10,12-13H2,1-3H3,(H,21,22)/b11-8+. The Balaban J connectivity index is 2.73. The average molecular weight is 350 g/mol. The van der Waals surface area contributed by atoms with Crippen molar-refractivity contribution in [1.29, 1.82) is 0 Å². The van der Waals surface area contributed by atoms with Gasteiger partial charge in [-0.05, 0) is 37.0 Å². The summed E-state index contributed by atoms with van der Waals surface area (Å²) in [5.41, 5.74) is 0.933. The molecule has 1 aromatic rings. The van der Waals surface area contributed by atoms with Crippen molar-refractivity contribution in [3.8, 4) is 17.2 Å². The number of carboxylic acid groups (broad SMARTS) is 1. The number of ether oxygens (including phenoxy) is 3. The molecule has 0 bridgehead atoms. The normalized spacial score (nSPS) is 10.8. The maximum Gasteiger partial charge on any atom is 0.303 e. The maximum atomic E-state index is 10.5. The molecule has 1 aromatic carbocycles. The summed E-state index contributed by atoms with van der Waals surface area (Å²) < 4.78 is 16.8. The number of methoxy groups -OCH3 is 2. The first kappa shape index (κ1) is 20.9. The Kier molecular flexibility index (Phi) is 10.2. The van der Waals surface area contributed by atoms with Crippen molar-refractivity contribution in [3.63, 3.8) is 0 Å². The number of benzene rings is 1. The molecule has 5 heteroatoms. The van der Waals surface area contributed by atoms with Crippen LogP contribution in [0, 0.1) is 0 Å². The third-order valence-electron chi connectivity index (χ3n) is 3.80. The van der Waals surface area contributed by atoms with E-state index in [2.05, 4.69) is 6.92 Å². The minimum atomic E-state index is -0.767. The topological polar surface area (TPSA) is 65.0 Å². The minimum absolute atomic E-state index is 0.182. The second kappa shape index (κ2) is 12.2. The second-order valence-corrected chi connectivity index (χ2v) is 5.85. The summed E-state index contributed by atoms with van der Waals surface area (Å²) in [7, 11) is 3.22. The highest BCUT2D eigenvalue weighted by Gasteiger charge is 2.13. The molecule has 25 heavy (non-hydrogen) atoms. The van der Waals surface area contributed by atoms with Crippen molar-refractivity contribution in [1.82, 2.24) is 0 Å². The van der Waals surface area contributed by atoms with Gasteiger partial charge in [-0.3, -0.25) is 4.79 Å². The lowest BCUT2D eigenvalue weighted by atomic mass is 10.1. The molecule has 1 rings (SSSR count). The quantitative estimate of drug-likeness (QED) is 0.511. The van der Waals surface area contributed by atoms with Gasteiger partial charge in [-0.2, -0.15) is 0 Å². The zero-order chi connectivity index (χ0) is 18.5. The summed E-state index contributed by atoms with van der Waals surface area (Å²) >= 11 is 0. The summed E-state index contributed by atoms with van der Waals surface area (Å²) in [4.78, 5) is 10.5. The van der Waals surface area contributed by atoms with E-state index in [1.54, 1.807) is 14.2 Å². The molecule has 0 atom stereocenters. The molecule has 5 nitrogen and oxygen atoms in total. The van der Waals surface area contributed by atoms with Crippen LogP contribution < -0.4 is 14.2 Å². The van der Waals surface area contributed by atoms with Crippen LogP contribution in [0.5, 0.6) is 17.2 Å². The van der Waals surface area contributed by atoms with E-state index in [1.165, 1.54) is 12.8 Å². The van der Waals surface area contributed by atoms with E-state index in [9.17, 15) is 4.79 Å². The molecule has 140 valence electrons. The van der Waals surface area contributed by atoms with Gasteiger partial charge in [-0.1, -0.05) is 38.3 Å². The van der Waals surface area contributed by atoms with Crippen LogP contribution >= 0.6 is 0 Å². The third-order valence-corrected chi connectivity index (χ3v) is 3.80. The van der Waals surface area contributed by atoms with Gasteiger partial charge in [0.2, 0.25) is 5.75 Å². The number of carbonyl (C=O) groups is 1. The van der Waals surface area contributed by atoms with Crippen molar-refractivity contribution in [2.24, 2.45) is 0 Å². The number of unbranched alkanes of at least 4 members (excludes halogenated alkanes) is 4. The van der Waals surface area contributed by atoms with Crippen LogP contribution in [0.1, 0.15) is 57.4 Å². The first-order chi connectivity index (χ1) is 12.1. The largest absolute Gasteiger partial charge is 0.493 e. The van der Waals surface area contributed by atoms with E-state index in [0.717, 1.165) is 18.4 Å². The number of allylic oxidation sites excluding steroid dienone is 1. The van der Waals surface area contributed by atoms with E-state index >= 15 is 0 Å². The lowest BCUT2D eigenvalue weighted by Gasteiger charge is -2.15. The van der Waals surface area contributed by atoms with Crippen molar-refractivity contribution in [3.05, 3.63) is 23.8 Å². The number of rotatable bonds is 13. The van der Waals surface area contributed by atoms with Crippen molar-refractivity contribution < 1.29 is 24.1 Å². The molecule has 0 saturated carbocycles. The van der Waals surface area contributed by atoms with Crippen LogP contribution in [-0.2, 0) is 4.79 Å². The maximum absolute atomic E-state index is 10.5. The molecular weight excluding hydrogens is 320 g/mol. The van der Waals surface area contributed by atoms with E-state index in [-0.39, 0.29) is 6.42 Å². The highest BCUT2D eigenvalue weighted by Crippen LogP contribution is 2.39. The summed E-state index contributed by atoms with van der Waals surface area (Å²) in [6.45, 7) is 2.82. The van der Waals surface area contributed by atoms with Crippen LogP contribution in [-0.4, -0.2) is 31.9 Å². The van der Waals surface area contributed by atoms with E-state index < -0.39 is 5.97 Å². The van der Waals surface area contributed by atoms with Crippen LogP contribution in [0.3, 0.4) is 0 Å². The van der Waals surface area contributed by atoms with Crippen LogP contribution in [0.2, 0.25) is 0 Å². The zero-order valence-corrected chi connectivity index (χ0v) is 15.5.